The number of fused-ring (bicyclic) bond motifs is 1. The van der Waals surface area contributed by atoms with Crippen LogP contribution in [0.1, 0.15) is 33.6 Å². The maximum absolute atomic E-state index is 13.3. The summed E-state index contributed by atoms with van der Waals surface area (Å²) in [6.45, 7) is 2.75. The van der Waals surface area contributed by atoms with E-state index in [1.165, 1.54) is 4.68 Å². The first-order chi connectivity index (χ1) is 19.9. The summed E-state index contributed by atoms with van der Waals surface area (Å²) in [4.78, 5) is 25.8. The molecule has 4 aromatic carbocycles. The molecule has 1 heterocycles. The number of carbonyl (C=O) groups excluding carboxylic acids is 2. The average molecular weight is 563 g/mol. The van der Waals surface area contributed by atoms with E-state index >= 15 is 0 Å². The highest BCUT2D eigenvalue weighted by Crippen LogP contribution is 2.26. The van der Waals surface area contributed by atoms with Gasteiger partial charge in [0.25, 0.3) is 0 Å². The van der Waals surface area contributed by atoms with Crippen LogP contribution in [0.3, 0.4) is 0 Å². The van der Waals surface area contributed by atoms with Gasteiger partial charge < -0.3 is 16.0 Å². The van der Waals surface area contributed by atoms with Gasteiger partial charge in [0.2, 0.25) is 5.78 Å². The summed E-state index contributed by atoms with van der Waals surface area (Å²) >= 11 is 6.08. The van der Waals surface area contributed by atoms with Crippen molar-refractivity contribution in [3.05, 3.63) is 118 Å². The standard InChI is InChI=1S/C32H27ClN6O2/c1-21-7-9-23(10-8-21)30(40)29-28(20-34)31(39(38-29)27-15-12-25(33)13-16-27)35-17-4-18-36-32(41)37-26-14-11-22-5-2-3-6-24(22)19-26/h2-3,5-16,19,35H,4,17-18H2,1H3,(H2,36,37,41). The molecule has 2 amide bonds. The molecule has 0 bridgehead atoms. The van der Waals surface area contributed by atoms with Gasteiger partial charge in [-0.05, 0) is 60.5 Å². The van der Waals surface area contributed by atoms with Crippen LogP contribution in [-0.4, -0.2) is 34.7 Å². The Bertz CT molecular complexity index is 1750. The van der Waals surface area contributed by atoms with Crippen molar-refractivity contribution in [2.24, 2.45) is 0 Å². The summed E-state index contributed by atoms with van der Waals surface area (Å²) in [6.07, 6.45) is 0.559. The van der Waals surface area contributed by atoms with Gasteiger partial charge in [0.15, 0.2) is 5.69 Å². The van der Waals surface area contributed by atoms with E-state index in [2.05, 4.69) is 27.1 Å². The van der Waals surface area contributed by atoms with Gasteiger partial charge in [-0.25, -0.2) is 9.48 Å². The second kappa shape index (κ2) is 12.4. The number of aromatic nitrogens is 2. The normalized spacial score (nSPS) is 10.7. The van der Waals surface area contributed by atoms with Gasteiger partial charge in [-0.3, -0.25) is 4.79 Å². The number of aryl methyl sites for hydroxylation is 1. The molecule has 0 atom stereocenters. The summed E-state index contributed by atoms with van der Waals surface area (Å²) in [6, 6.07) is 29.6. The van der Waals surface area contributed by atoms with Crippen molar-refractivity contribution in [2.45, 2.75) is 13.3 Å². The van der Waals surface area contributed by atoms with Gasteiger partial charge in [0.05, 0.1) is 5.69 Å². The fourth-order valence-electron chi connectivity index (χ4n) is 4.40. The molecule has 204 valence electrons. The Hall–Kier alpha value is -5.13. The Morgan fingerprint density at radius 2 is 1.66 bits per heavy atom. The molecule has 0 saturated carbocycles. The van der Waals surface area contributed by atoms with E-state index in [1.54, 1.807) is 36.4 Å². The third-order valence-corrected chi connectivity index (χ3v) is 6.79. The summed E-state index contributed by atoms with van der Waals surface area (Å²) in [5.41, 5.74) is 3.02. The van der Waals surface area contributed by atoms with Crippen molar-refractivity contribution in [3.8, 4) is 11.8 Å². The Labute approximate surface area is 242 Å². The Kier molecular flexibility index (Phi) is 8.28. The average Bonchev–Trinajstić information content (AvgIpc) is 3.35. The van der Waals surface area contributed by atoms with Gasteiger partial charge >= 0.3 is 6.03 Å². The lowest BCUT2D eigenvalue weighted by molar-refractivity contribution is 0.103. The largest absolute Gasteiger partial charge is 0.369 e. The summed E-state index contributed by atoms with van der Waals surface area (Å²) in [7, 11) is 0. The van der Waals surface area contributed by atoms with E-state index < -0.39 is 0 Å². The number of carbonyl (C=O) groups is 2. The number of nitrogens with one attached hydrogen (secondary N) is 3. The Morgan fingerprint density at radius 1 is 0.927 bits per heavy atom. The van der Waals surface area contributed by atoms with Crippen LogP contribution in [0.15, 0.2) is 91.0 Å². The zero-order valence-electron chi connectivity index (χ0n) is 22.3. The lowest BCUT2D eigenvalue weighted by atomic mass is 10.0. The van der Waals surface area contributed by atoms with E-state index in [0.29, 0.717) is 47.3 Å². The monoisotopic (exact) mass is 562 g/mol. The SMILES string of the molecule is Cc1ccc(C(=O)c2nn(-c3ccc(Cl)cc3)c(NCCCNC(=O)Nc3ccc4ccccc4c3)c2C#N)cc1. The molecule has 41 heavy (non-hydrogen) atoms. The first kappa shape index (κ1) is 27.4. The molecule has 0 aliphatic rings. The minimum absolute atomic E-state index is 0.0571. The molecular formula is C32H27ClN6O2. The highest BCUT2D eigenvalue weighted by atomic mass is 35.5. The quantitative estimate of drug-likeness (QED) is 0.136. The number of urea groups is 1. The van der Waals surface area contributed by atoms with Crippen molar-refractivity contribution < 1.29 is 9.59 Å². The lowest BCUT2D eigenvalue weighted by Gasteiger charge is -2.11. The molecule has 0 fully saturated rings. The number of amides is 2. The van der Waals surface area contributed by atoms with Gasteiger partial charge in [-0.2, -0.15) is 10.4 Å². The fraction of sp³-hybridized carbons (Fsp3) is 0.125. The number of halogens is 1. The third kappa shape index (κ3) is 6.38. The number of benzene rings is 4. The van der Waals surface area contributed by atoms with Crippen LogP contribution in [0.4, 0.5) is 16.3 Å². The molecule has 9 heteroatoms. The number of anilines is 2. The predicted molar refractivity (Wildman–Crippen MR) is 162 cm³/mol. The van der Waals surface area contributed by atoms with Crippen LogP contribution in [0, 0.1) is 18.3 Å². The Balaban J connectivity index is 1.27. The van der Waals surface area contributed by atoms with Gasteiger partial charge in [0.1, 0.15) is 17.5 Å². The smallest absolute Gasteiger partial charge is 0.319 e. The highest BCUT2D eigenvalue weighted by Gasteiger charge is 2.25. The van der Waals surface area contributed by atoms with Gasteiger partial charge in [-0.1, -0.05) is 71.8 Å². The molecule has 0 spiro atoms. The number of nitrogens with zero attached hydrogens (tertiary/aromatic N) is 3. The minimum Gasteiger partial charge on any atom is -0.369 e. The maximum Gasteiger partial charge on any atom is 0.319 e. The Morgan fingerprint density at radius 3 is 2.39 bits per heavy atom. The van der Waals surface area contributed by atoms with Gasteiger partial charge in [-0.15, -0.1) is 0 Å². The van der Waals surface area contributed by atoms with Crippen LogP contribution in [0.25, 0.3) is 16.5 Å². The fourth-order valence-corrected chi connectivity index (χ4v) is 4.52. The molecule has 8 nitrogen and oxygen atoms in total. The van der Waals surface area contributed by atoms with Crippen molar-refractivity contribution in [1.82, 2.24) is 15.1 Å². The van der Waals surface area contributed by atoms with Crippen LogP contribution in [0.2, 0.25) is 5.02 Å². The van der Waals surface area contributed by atoms with Crippen molar-refractivity contribution in [2.75, 3.05) is 23.7 Å². The molecule has 5 aromatic rings. The second-order valence-corrected chi connectivity index (χ2v) is 9.93. The summed E-state index contributed by atoms with van der Waals surface area (Å²) in [5.74, 6) is 0.0511. The van der Waals surface area contributed by atoms with Crippen molar-refractivity contribution >= 4 is 45.7 Å². The van der Waals surface area contributed by atoms with Crippen LogP contribution in [-0.2, 0) is 0 Å². The van der Waals surface area contributed by atoms with E-state index in [1.807, 2.05) is 61.5 Å². The first-order valence-electron chi connectivity index (χ1n) is 13.1. The first-order valence-corrected chi connectivity index (χ1v) is 13.5. The van der Waals surface area contributed by atoms with Crippen molar-refractivity contribution in [3.63, 3.8) is 0 Å². The van der Waals surface area contributed by atoms with E-state index in [9.17, 15) is 14.9 Å². The highest BCUT2D eigenvalue weighted by molar-refractivity contribution is 6.30. The molecule has 3 N–H and O–H groups in total. The third-order valence-electron chi connectivity index (χ3n) is 6.54. The molecular weight excluding hydrogens is 536 g/mol. The lowest BCUT2D eigenvalue weighted by Crippen LogP contribution is -2.30. The minimum atomic E-state index is -0.343. The number of hydrogen-bond acceptors (Lipinski definition) is 5. The molecule has 5 rings (SSSR count). The summed E-state index contributed by atoms with van der Waals surface area (Å²) in [5, 5.41) is 26.2. The molecule has 0 unspecified atom stereocenters. The zero-order chi connectivity index (χ0) is 28.8. The van der Waals surface area contributed by atoms with Crippen LogP contribution < -0.4 is 16.0 Å². The summed E-state index contributed by atoms with van der Waals surface area (Å²) < 4.78 is 1.54. The molecule has 0 radical (unpaired) electrons. The zero-order valence-corrected chi connectivity index (χ0v) is 23.1. The van der Waals surface area contributed by atoms with Crippen LogP contribution >= 0.6 is 11.6 Å². The number of ketones is 1. The molecule has 0 saturated heterocycles. The second-order valence-electron chi connectivity index (χ2n) is 9.49. The van der Waals surface area contributed by atoms with Crippen LogP contribution in [0.5, 0.6) is 0 Å². The van der Waals surface area contributed by atoms with Crippen molar-refractivity contribution in [1.29, 1.82) is 5.26 Å². The number of hydrogen-bond donors (Lipinski definition) is 3. The molecule has 1 aromatic heterocycles. The number of rotatable bonds is 9. The van der Waals surface area contributed by atoms with Gasteiger partial charge in [0, 0.05) is 29.4 Å². The maximum atomic E-state index is 13.3. The van der Waals surface area contributed by atoms with E-state index in [0.717, 1.165) is 16.3 Å². The molecule has 0 aliphatic carbocycles. The van der Waals surface area contributed by atoms with E-state index in [-0.39, 0.29) is 23.1 Å². The number of nitriles is 1. The topological polar surface area (TPSA) is 112 Å². The predicted octanol–water partition coefficient (Wildman–Crippen LogP) is 6.71. The molecule has 0 aliphatic heterocycles. The van der Waals surface area contributed by atoms with E-state index in [4.69, 9.17) is 11.6 Å².